The van der Waals surface area contributed by atoms with Crippen LogP contribution in [-0.4, -0.2) is 94.4 Å². The van der Waals surface area contributed by atoms with Crippen LogP contribution in [0.5, 0.6) is 0 Å². The van der Waals surface area contributed by atoms with Crippen LogP contribution in [0.1, 0.15) is 72.4 Å². The van der Waals surface area contributed by atoms with Crippen LogP contribution in [0.3, 0.4) is 0 Å². The molecule has 0 aromatic carbocycles. The first-order chi connectivity index (χ1) is 22.7. The van der Waals surface area contributed by atoms with Crippen molar-refractivity contribution in [1.29, 1.82) is 0 Å². The molecule has 5 rings (SSSR count). The smallest absolute Gasteiger partial charge is 0.468 e. The Balaban J connectivity index is 1.44. The second kappa shape index (κ2) is 14.2. The minimum atomic E-state index is -4.26. The molecule has 1 aliphatic carbocycles. The van der Waals surface area contributed by atoms with Crippen molar-refractivity contribution in [2.75, 3.05) is 26.1 Å². The number of aryl methyl sites for hydroxylation is 1. The fourth-order valence-corrected chi connectivity index (χ4v) is 7.83. The number of hydrogen-bond acceptors (Lipinski definition) is 14. The fraction of sp³-hybridized carbons (Fsp3) is 0.733. The Morgan fingerprint density at radius 2 is 1.67 bits per heavy atom. The normalized spacial score (nSPS) is 26.1. The second-order valence-corrected chi connectivity index (χ2v) is 15.4. The molecule has 0 radical (unpaired) electrons. The lowest BCUT2D eigenvalue weighted by Crippen LogP contribution is -2.46. The average molecular weight is 696 g/mol. The number of ether oxygens (including phenoxy) is 5. The number of rotatable bonds is 16. The second-order valence-electron chi connectivity index (χ2n) is 13.5. The first-order valence-corrected chi connectivity index (χ1v) is 17.8. The highest BCUT2D eigenvalue weighted by Gasteiger charge is 2.64. The van der Waals surface area contributed by atoms with Crippen LogP contribution in [0.25, 0.3) is 11.2 Å². The Morgan fingerprint density at radius 1 is 1.06 bits per heavy atom. The number of fused-ring (bicyclic) bond motifs is 2. The van der Waals surface area contributed by atoms with Gasteiger partial charge in [-0.05, 0) is 51.4 Å². The highest BCUT2D eigenvalue weighted by Crippen LogP contribution is 2.49. The third-order valence-electron chi connectivity index (χ3n) is 8.38. The van der Waals surface area contributed by atoms with Crippen LogP contribution in [0.15, 0.2) is 6.33 Å². The predicted molar refractivity (Wildman–Crippen MR) is 171 cm³/mol. The van der Waals surface area contributed by atoms with Crippen molar-refractivity contribution in [3.8, 4) is 0 Å². The monoisotopic (exact) mass is 695 g/mol. The van der Waals surface area contributed by atoms with Gasteiger partial charge in [0.05, 0.1) is 27.2 Å². The molecule has 1 saturated carbocycles. The van der Waals surface area contributed by atoms with Gasteiger partial charge in [0.2, 0.25) is 0 Å². The fourth-order valence-electron chi connectivity index (χ4n) is 6.01. The summed E-state index contributed by atoms with van der Waals surface area (Å²) in [5.41, 5.74) is -0.374. The number of carbonyl (C=O) groups is 3. The molecule has 18 heteroatoms. The number of imidazole rings is 1. The maximum absolute atomic E-state index is 14.6. The van der Waals surface area contributed by atoms with E-state index in [-0.39, 0.29) is 24.7 Å². The van der Waals surface area contributed by atoms with Gasteiger partial charge in [-0.1, -0.05) is 27.7 Å². The van der Waals surface area contributed by atoms with Crippen molar-refractivity contribution >= 4 is 42.7 Å². The van der Waals surface area contributed by atoms with Crippen LogP contribution >= 0.6 is 7.67 Å². The number of aromatic nitrogens is 4. The Labute approximate surface area is 279 Å². The molecule has 266 valence electrons. The van der Waals surface area contributed by atoms with Gasteiger partial charge >= 0.3 is 25.8 Å². The summed E-state index contributed by atoms with van der Waals surface area (Å²) in [6.45, 7) is 10.6. The van der Waals surface area contributed by atoms with Gasteiger partial charge in [-0.25, -0.2) is 29.9 Å². The van der Waals surface area contributed by atoms with Gasteiger partial charge in [0, 0.05) is 6.04 Å². The van der Waals surface area contributed by atoms with Crippen molar-refractivity contribution in [2.45, 2.75) is 109 Å². The molecule has 3 fully saturated rings. The number of nitrogens with zero attached hydrogens (tertiary/aromatic N) is 4. The van der Waals surface area contributed by atoms with Crippen LogP contribution in [0.2, 0.25) is 0 Å². The summed E-state index contributed by atoms with van der Waals surface area (Å²) >= 11 is 0. The number of methoxy groups -OCH3 is 2. The molecule has 2 saturated heterocycles. The van der Waals surface area contributed by atoms with Crippen molar-refractivity contribution < 1.29 is 47.2 Å². The largest absolute Gasteiger partial charge is 0.509 e. The third kappa shape index (κ3) is 7.75. The van der Waals surface area contributed by atoms with E-state index in [1.54, 1.807) is 18.4 Å². The van der Waals surface area contributed by atoms with Crippen LogP contribution in [0, 0.1) is 18.8 Å². The molecule has 2 aromatic rings. The van der Waals surface area contributed by atoms with Crippen LogP contribution in [0.4, 0.5) is 10.6 Å². The molecule has 6 atom stereocenters. The highest BCUT2D eigenvalue weighted by molar-refractivity contribution is 7.54. The van der Waals surface area contributed by atoms with E-state index >= 15 is 0 Å². The molecular weight excluding hydrogens is 649 g/mol. The van der Waals surface area contributed by atoms with E-state index in [2.05, 4.69) is 30.4 Å². The topological polar surface area (TPSA) is 203 Å². The summed E-state index contributed by atoms with van der Waals surface area (Å²) in [5, 5.41) is 8.98. The molecule has 48 heavy (non-hydrogen) atoms. The maximum Gasteiger partial charge on any atom is 0.509 e. The number of carbonyl (C=O) groups excluding carboxylic acids is 3. The summed E-state index contributed by atoms with van der Waals surface area (Å²) < 4.78 is 49.9. The quantitative estimate of drug-likeness (QED) is 0.131. The number of nitrogens with one attached hydrogen (secondary N) is 3. The highest BCUT2D eigenvalue weighted by atomic mass is 31.2. The van der Waals surface area contributed by atoms with E-state index in [1.807, 2.05) is 27.7 Å². The van der Waals surface area contributed by atoms with Gasteiger partial charge < -0.3 is 33.5 Å². The summed E-state index contributed by atoms with van der Waals surface area (Å²) in [6, 6.07) is -1.77. The van der Waals surface area contributed by atoms with Crippen LogP contribution in [-0.2, 0) is 42.4 Å². The van der Waals surface area contributed by atoms with Crippen molar-refractivity contribution in [3.63, 3.8) is 0 Å². The Morgan fingerprint density at radius 3 is 2.21 bits per heavy atom. The van der Waals surface area contributed by atoms with E-state index in [0.717, 1.165) is 12.8 Å². The third-order valence-corrected chi connectivity index (χ3v) is 10.2. The molecule has 0 amide bonds. The molecule has 0 spiro atoms. The number of hydrogen-bond donors (Lipinski definition) is 3. The molecule has 4 heterocycles. The molecule has 3 unspecified atom stereocenters. The van der Waals surface area contributed by atoms with Gasteiger partial charge in [0.1, 0.15) is 24.0 Å². The predicted octanol–water partition coefficient (Wildman–Crippen LogP) is 3.38. The van der Waals surface area contributed by atoms with Gasteiger partial charge in [-0.15, -0.1) is 0 Å². The lowest BCUT2D eigenvalue weighted by Gasteiger charge is -2.30. The average Bonchev–Trinajstić information content (AvgIpc) is 3.56. The van der Waals surface area contributed by atoms with Crippen molar-refractivity contribution in [1.82, 2.24) is 29.7 Å². The summed E-state index contributed by atoms with van der Waals surface area (Å²) in [4.78, 5) is 51.8. The van der Waals surface area contributed by atoms with E-state index in [4.69, 9.17) is 28.2 Å². The van der Waals surface area contributed by atoms with Gasteiger partial charge in [0.15, 0.2) is 34.9 Å². The molecule has 2 aromatic heterocycles. The summed E-state index contributed by atoms with van der Waals surface area (Å²) in [5.74, 6) is -0.193. The van der Waals surface area contributed by atoms with Gasteiger partial charge in [-0.2, -0.15) is 0 Å². The van der Waals surface area contributed by atoms with E-state index in [0.29, 0.717) is 28.8 Å². The Bertz CT molecular complexity index is 1530. The van der Waals surface area contributed by atoms with Crippen LogP contribution < -0.4 is 15.5 Å². The zero-order valence-electron chi connectivity index (χ0n) is 28.6. The van der Waals surface area contributed by atoms with Crippen molar-refractivity contribution in [2.24, 2.45) is 11.8 Å². The lowest BCUT2D eigenvalue weighted by atomic mass is 9.96. The molecular formula is C30H46N7O10P. The number of anilines is 1. The first kappa shape index (κ1) is 35.9. The Kier molecular flexibility index (Phi) is 10.7. The minimum Gasteiger partial charge on any atom is -0.468 e. The zero-order chi connectivity index (χ0) is 35.0. The molecule has 3 aliphatic rings. The van der Waals surface area contributed by atoms with E-state index < -0.39 is 68.5 Å². The maximum atomic E-state index is 14.6. The SMILES string of the molecule is COC(=O)C(CC(C)C)NP(=O)(NC(CC(C)C)C(=O)OC)OC[C@H]1O[C@@H](n2cnc3c(NC4CC4)nc(C)nc32)[C@@]2(C)OC(=O)OC12. The molecule has 2 aliphatic heterocycles. The minimum absolute atomic E-state index is 0.00856. The number of esters is 2. The zero-order valence-corrected chi connectivity index (χ0v) is 29.4. The molecule has 3 N–H and O–H groups in total. The lowest BCUT2D eigenvalue weighted by molar-refractivity contribution is -0.143. The standard InChI is InChI=1S/C30H46N7O10P/c1-15(2)11-19(26(38)42-7)35-48(41,36-20(12-16(3)4)27(39)43-8)44-13-21-23-30(6,47-29(40)46-23)28(45-21)37-14-31-22-24(34-18-9-10-18)32-17(5)33-25(22)37/h14-16,18-21,23,28H,9-13H2,1-8H3,(H,32,33,34)(H2,35,36,41)/t19?,20?,21-,23?,28-,30+,48?/m1/s1. The van der Waals surface area contributed by atoms with Gasteiger partial charge in [-0.3, -0.25) is 18.7 Å². The Hall–Kier alpha value is -3.37. The first-order valence-electron chi connectivity index (χ1n) is 16.1. The van der Waals surface area contributed by atoms with E-state index in [9.17, 15) is 18.9 Å². The molecule has 17 nitrogen and oxygen atoms in total. The molecule has 0 bridgehead atoms. The summed E-state index contributed by atoms with van der Waals surface area (Å²) in [6.07, 6.45) is 0.255. The van der Waals surface area contributed by atoms with Crippen molar-refractivity contribution in [3.05, 3.63) is 12.2 Å². The summed E-state index contributed by atoms with van der Waals surface area (Å²) in [7, 11) is -1.80. The van der Waals surface area contributed by atoms with E-state index in [1.165, 1.54) is 20.5 Å². The van der Waals surface area contributed by atoms with Gasteiger partial charge in [0.25, 0.3) is 0 Å².